The van der Waals surface area contributed by atoms with Gasteiger partial charge in [-0.1, -0.05) is 18.2 Å². The van der Waals surface area contributed by atoms with E-state index in [1.807, 2.05) is 4.98 Å². The summed E-state index contributed by atoms with van der Waals surface area (Å²) in [5, 5.41) is 19.2. The van der Waals surface area contributed by atoms with Crippen molar-refractivity contribution in [3.63, 3.8) is 0 Å². The number of hydrogen-bond donors (Lipinski definition) is 5. The SMILES string of the molecule is COc1ccc(-c2c(C(=O)O)c(N)[nH]c(=O)c2C(=O)O)cc1COc1ccccc1C(N)=O. The van der Waals surface area contributed by atoms with E-state index < -0.39 is 40.3 Å². The standard InChI is InChI=1S/C22H19N3O8/c1-32-13-7-6-10(8-11(13)9-33-14-5-3-2-4-12(14)19(24)26)15-16(21(28)29)18(23)25-20(27)17(15)22(30)31/h2-8H,9H2,1H3,(H2,24,26)(H,28,29)(H,30,31)(H3,23,25,27). The number of amides is 1. The Labute approximate surface area is 186 Å². The number of nitrogen functional groups attached to an aromatic ring is 1. The number of H-pyrrole nitrogens is 1. The van der Waals surface area contributed by atoms with Crippen LogP contribution in [0.4, 0.5) is 5.82 Å². The highest BCUT2D eigenvalue weighted by atomic mass is 16.5. The molecule has 3 aromatic rings. The van der Waals surface area contributed by atoms with Crippen molar-refractivity contribution in [1.82, 2.24) is 4.98 Å². The molecule has 1 heterocycles. The van der Waals surface area contributed by atoms with Crippen molar-refractivity contribution >= 4 is 23.7 Å². The summed E-state index contributed by atoms with van der Waals surface area (Å²) in [6, 6.07) is 10.6. The summed E-state index contributed by atoms with van der Waals surface area (Å²) in [5.41, 5.74) is 8.89. The number of carboxylic acids is 2. The first-order chi connectivity index (χ1) is 15.6. The Morgan fingerprint density at radius 1 is 1.00 bits per heavy atom. The number of aromatic nitrogens is 1. The number of hydrogen-bond acceptors (Lipinski definition) is 7. The minimum Gasteiger partial charge on any atom is -0.496 e. The number of primary amides is 1. The Balaban J connectivity index is 2.16. The van der Waals surface area contributed by atoms with E-state index in [9.17, 15) is 29.4 Å². The maximum Gasteiger partial charge on any atom is 0.342 e. The molecule has 1 amide bonds. The average molecular weight is 453 g/mol. The molecule has 0 saturated heterocycles. The number of carbonyl (C=O) groups excluding carboxylic acids is 1. The Bertz CT molecular complexity index is 1330. The lowest BCUT2D eigenvalue weighted by molar-refractivity contribution is 0.0695. The van der Waals surface area contributed by atoms with Gasteiger partial charge in [-0.2, -0.15) is 0 Å². The Morgan fingerprint density at radius 3 is 2.27 bits per heavy atom. The van der Waals surface area contributed by atoms with Crippen LogP contribution in [0.1, 0.15) is 36.6 Å². The van der Waals surface area contributed by atoms with Crippen LogP contribution in [0.25, 0.3) is 11.1 Å². The molecule has 11 nitrogen and oxygen atoms in total. The third-order valence-electron chi connectivity index (χ3n) is 4.78. The second-order valence-corrected chi connectivity index (χ2v) is 6.78. The molecule has 0 aliphatic carbocycles. The number of nitrogens with one attached hydrogen (secondary N) is 1. The number of benzene rings is 2. The van der Waals surface area contributed by atoms with Crippen LogP contribution in [0.2, 0.25) is 0 Å². The van der Waals surface area contributed by atoms with Gasteiger partial charge in [-0.3, -0.25) is 9.59 Å². The molecule has 2 aromatic carbocycles. The van der Waals surface area contributed by atoms with Gasteiger partial charge in [-0.25, -0.2) is 9.59 Å². The molecular formula is C22H19N3O8. The monoisotopic (exact) mass is 453 g/mol. The van der Waals surface area contributed by atoms with Gasteiger partial charge in [0.2, 0.25) is 0 Å². The minimum absolute atomic E-state index is 0.0881. The molecule has 1 aromatic heterocycles. The molecule has 0 unspecified atom stereocenters. The quantitative estimate of drug-likeness (QED) is 0.337. The molecule has 0 aliphatic heterocycles. The normalized spacial score (nSPS) is 10.5. The number of anilines is 1. The first-order valence-corrected chi connectivity index (χ1v) is 9.37. The third kappa shape index (κ3) is 4.46. The molecule has 0 atom stereocenters. The van der Waals surface area contributed by atoms with Crippen LogP contribution in [0.15, 0.2) is 47.3 Å². The molecule has 33 heavy (non-hydrogen) atoms. The number of pyridine rings is 1. The lowest BCUT2D eigenvalue weighted by Crippen LogP contribution is -2.24. The van der Waals surface area contributed by atoms with E-state index in [4.69, 9.17) is 20.9 Å². The summed E-state index contributed by atoms with van der Waals surface area (Å²) in [6.07, 6.45) is 0. The predicted octanol–water partition coefficient (Wildman–Crippen LogP) is 1.71. The molecule has 0 radical (unpaired) electrons. The summed E-state index contributed by atoms with van der Waals surface area (Å²) >= 11 is 0. The molecule has 0 spiro atoms. The van der Waals surface area contributed by atoms with E-state index in [0.717, 1.165) is 0 Å². The largest absolute Gasteiger partial charge is 0.496 e. The van der Waals surface area contributed by atoms with Crippen molar-refractivity contribution in [2.45, 2.75) is 6.61 Å². The van der Waals surface area contributed by atoms with E-state index in [2.05, 4.69) is 0 Å². The summed E-state index contributed by atoms with van der Waals surface area (Å²) < 4.78 is 11.0. The van der Waals surface area contributed by atoms with Gasteiger partial charge < -0.3 is 36.1 Å². The molecule has 7 N–H and O–H groups in total. The maximum atomic E-state index is 12.3. The fourth-order valence-corrected chi connectivity index (χ4v) is 3.33. The highest BCUT2D eigenvalue weighted by Gasteiger charge is 2.27. The second kappa shape index (κ2) is 9.14. The van der Waals surface area contributed by atoms with Gasteiger partial charge in [-0.15, -0.1) is 0 Å². The van der Waals surface area contributed by atoms with Gasteiger partial charge in [0.25, 0.3) is 11.5 Å². The molecule has 0 saturated carbocycles. The van der Waals surface area contributed by atoms with Gasteiger partial charge in [-0.05, 0) is 29.8 Å². The van der Waals surface area contributed by atoms with Crippen LogP contribution < -0.4 is 26.5 Å². The fraction of sp³-hybridized carbons (Fsp3) is 0.0909. The van der Waals surface area contributed by atoms with E-state index in [-0.39, 0.29) is 29.0 Å². The van der Waals surface area contributed by atoms with E-state index in [1.165, 1.54) is 31.4 Å². The number of aromatic carboxylic acids is 2. The van der Waals surface area contributed by atoms with Crippen molar-refractivity contribution in [2.75, 3.05) is 12.8 Å². The Hall–Kier alpha value is -4.80. The topological polar surface area (TPSA) is 195 Å². The second-order valence-electron chi connectivity index (χ2n) is 6.78. The molecule has 170 valence electrons. The fourth-order valence-electron chi connectivity index (χ4n) is 3.33. The van der Waals surface area contributed by atoms with Crippen LogP contribution in [-0.4, -0.2) is 40.2 Å². The van der Waals surface area contributed by atoms with E-state index >= 15 is 0 Å². The maximum absolute atomic E-state index is 12.3. The van der Waals surface area contributed by atoms with Crippen LogP contribution in [0, 0.1) is 0 Å². The molecule has 0 fully saturated rings. The number of aromatic amines is 1. The molecular weight excluding hydrogens is 434 g/mol. The summed E-state index contributed by atoms with van der Waals surface area (Å²) in [6.45, 7) is -0.148. The van der Waals surface area contributed by atoms with Crippen molar-refractivity contribution in [1.29, 1.82) is 0 Å². The Kier molecular flexibility index (Phi) is 6.34. The molecule has 3 rings (SSSR count). The van der Waals surface area contributed by atoms with Crippen molar-refractivity contribution in [3.05, 3.63) is 75.1 Å². The van der Waals surface area contributed by atoms with E-state index in [0.29, 0.717) is 11.3 Å². The van der Waals surface area contributed by atoms with Crippen molar-refractivity contribution in [2.24, 2.45) is 5.73 Å². The molecule has 0 bridgehead atoms. The first kappa shape index (κ1) is 22.9. The van der Waals surface area contributed by atoms with Crippen LogP contribution in [0.5, 0.6) is 11.5 Å². The number of methoxy groups -OCH3 is 1. The van der Waals surface area contributed by atoms with Crippen LogP contribution in [-0.2, 0) is 6.61 Å². The number of carboxylic acid groups (broad SMARTS) is 2. The first-order valence-electron chi connectivity index (χ1n) is 9.37. The van der Waals surface area contributed by atoms with Gasteiger partial charge in [0.1, 0.15) is 35.1 Å². The lowest BCUT2D eigenvalue weighted by Gasteiger charge is -2.16. The van der Waals surface area contributed by atoms with Crippen LogP contribution >= 0.6 is 0 Å². The smallest absolute Gasteiger partial charge is 0.342 e. The highest BCUT2D eigenvalue weighted by Crippen LogP contribution is 2.33. The third-order valence-corrected chi connectivity index (χ3v) is 4.78. The number of ether oxygens (including phenoxy) is 2. The summed E-state index contributed by atoms with van der Waals surface area (Å²) in [5.74, 6) is -3.79. The molecule has 0 aliphatic rings. The van der Waals surface area contributed by atoms with E-state index in [1.54, 1.807) is 18.2 Å². The number of para-hydroxylation sites is 1. The van der Waals surface area contributed by atoms with Gasteiger partial charge in [0.05, 0.1) is 12.7 Å². The van der Waals surface area contributed by atoms with Gasteiger partial charge in [0, 0.05) is 11.1 Å². The highest BCUT2D eigenvalue weighted by molar-refractivity contribution is 6.07. The zero-order valence-corrected chi connectivity index (χ0v) is 17.2. The predicted molar refractivity (Wildman–Crippen MR) is 117 cm³/mol. The Morgan fingerprint density at radius 2 is 1.67 bits per heavy atom. The molecule has 11 heteroatoms. The number of carbonyl (C=O) groups is 3. The zero-order chi connectivity index (χ0) is 24.3. The minimum atomic E-state index is -1.63. The van der Waals surface area contributed by atoms with Gasteiger partial charge >= 0.3 is 11.9 Å². The van der Waals surface area contributed by atoms with Crippen LogP contribution in [0.3, 0.4) is 0 Å². The van der Waals surface area contributed by atoms with Crippen molar-refractivity contribution < 1.29 is 34.1 Å². The zero-order valence-electron chi connectivity index (χ0n) is 17.2. The van der Waals surface area contributed by atoms with Crippen molar-refractivity contribution in [3.8, 4) is 22.6 Å². The number of rotatable bonds is 8. The lowest BCUT2D eigenvalue weighted by atomic mass is 9.94. The average Bonchev–Trinajstić information content (AvgIpc) is 2.76. The summed E-state index contributed by atoms with van der Waals surface area (Å²) in [4.78, 5) is 49.5. The van der Waals surface area contributed by atoms with Gasteiger partial charge in [0.15, 0.2) is 0 Å². The summed E-state index contributed by atoms with van der Waals surface area (Å²) in [7, 11) is 1.40. The number of nitrogens with two attached hydrogens (primary N) is 2.